The molecule has 0 aromatic carbocycles. The zero-order valence-corrected chi connectivity index (χ0v) is 13.0. The standard InChI is InChI=1S/C16H30N2O2/c1-3-5-13-6-4-10-18(11-8-13)14-7-9-16(12-14,17-2)15(19)20/h13-14,17H,3-12H2,1-2H3,(H,19,20). The molecule has 0 spiro atoms. The van der Waals surface area contributed by atoms with Gasteiger partial charge in [-0.25, -0.2) is 0 Å². The van der Waals surface area contributed by atoms with Crippen LogP contribution in [0, 0.1) is 5.92 Å². The van der Waals surface area contributed by atoms with Crippen LogP contribution in [0.4, 0.5) is 0 Å². The second-order valence-corrected chi connectivity index (χ2v) is 6.66. The molecule has 0 aromatic rings. The number of carboxylic acids is 1. The van der Waals surface area contributed by atoms with Crippen molar-refractivity contribution in [2.75, 3.05) is 20.1 Å². The molecule has 1 saturated carbocycles. The molecule has 0 radical (unpaired) electrons. The molecule has 4 nitrogen and oxygen atoms in total. The van der Waals surface area contributed by atoms with Crippen LogP contribution in [-0.2, 0) is 4.79 Å². The predicted octanol–water partition coefficient (Wildman–Crippen LogP) is 2.48. The van der Waals surface area contributed by atoms with Gasteiger partial charge in [0.1, 0.15) is 5.54 Å². The summed E-state index contributed by atoms with van der Waals surface area (Å²) in [5.74, 6) is 0.209. The third-order valence-electron chi connectivity index (χ3n) is 5.47. The van der Waals surface area contributed by atoms with Crippen molar-refractivity contribution >= 4 is 5.97 Å². The monoisotopic (exact) mass is 282 g/mol. The molecule has 2 N–H and O–H groups in total. The minimum Gasteiger partial charge on any atom is -0.480 e. The van der Waals surface area contributed by atoms with E-state index in [0.29, 0.717) is 6.04 Å². The molecule has 116 valence electrons. The van der Waals surface area contributed by atoms with E-state index in [2.05, 4.69) is 17.1 Å². The van der Waals surface area contributed by atoms with Crippen molar-refractivity contribution < 1.29 is 9.90 Å². The van der Waals surface area contributed by atoms with Crippen LogP contribution in [0.2, 0.25) is 0 Å². The highest BCUT2D eigenvalue weighted by Crippen LogP contribution is 2.35. The van der Waals surface area contributed by atoms with Gasteiger partial charge in [0.2, 0.25) is 0 Å². The maximum Gasteiger partial charge on any atom is 0.323 e. The lowest BCUT2D eigenvalue weighted by atomic mass is 9.96. The first-order valence-electron chi connectivity index (χ1n) is 8.27. The Balaban J connectivity index is 1.91. The van der Waals surface area contributed by atoms with Crippen LogP contribution in [0.5, 0.6) is 0 Å². The number of aliphatic carboxylic acids is 1. The number of hydrogen-bond acceptors (Lipinski definition) is 3. The summed E-state index contributed by atoms with van der Waals surface area (Å²) < 4.78 is 0. The number of nitrogens with one attached hydrogen (secondary N) is 1. The minimum atomic E-state index is -0.681. The van der Waals surface area contributed by atoms with Crippen LogP contribution >= 0.6 is 0 Å². The summed E-state index contributed by atoms with van der Waals surface area (Å²) in [4.78, 5) is 14.1. The lowest BCUT2D eigenvalue weighted by Crippen LogP contribution is -2.49. The smallest absolute Gasteiger partial charge is 0.323 e. The first-order chi connectivity index (χ1) is 9.61. The number of rotatable bonds is 5. The van der Waals surface area contributed by atoms with Gasteiger partial charge in [-0.1, -0.05) is 19.8 Å². The number of likely N-dealkylation sites (tertiary alicyclic amines) is 1. The molecule has 3 unspecified atom stereocenters. The Hall–Kier alpha value is -0.610. The number of nitrogens with zero attached hydrogens (tertiary/aromatic N) is 1. The lowest BCUT2D eigenvalue weighted by molar-refractivity contribution is -0.144. The fraction of sp³-hybridized carbons (Fsp3) is 0.938. The number of carboxylic acid groups (broad SMARTS) is 1. The first-order valence-corrected chi connectivity index (χ1v) is 8.27. The molecular formula is C16H30N2O2. The topological polar surface area (TPSA) is 52.6 Å². The van der Waals surface area contributed by atoms with Crippen LogP contribution in [0.1, 0.15) is 58.3 Å². The summed E-state index contributed by atoms with van der Waals surface area (Å²) in [7, 11) is 1.79. The average Bonchev–Trinajstić information content (AvgIpc) is 2.75. The second-order valence-electron chi connectivity index (χ2n) is 6.66. The van der Waals surface area contributed by atoms with Gasteiger partial charge in [0.25, 0.3) is 0 Å². The summed E-state index contributed by atoms with van der Waals surface area (Å²) >= 11 is 0. The van der Waals surface area contributed by atoms with Crippen LogP contribution < -0.4 is 5.32 Å². The molecule has 1 aliphatic carbocycles. The van der Waals surface area contributed by atoms with Crippen LogP contribution in [0.25, 0.3) is 0 Å². The van der Waals surface area contributed by atoms with Gasteiger partial charge in [-0.05, 0) is 64.6 Å². The van der Waals surface area contributed by atoms with E-state index in [1.165, 1.54) is 32.1 Å². The van der Waals surface area contributed by atoms with E-state index in [-0.39, 0.29) is 0 Å². The zero-order chi connectivity index (χ0) is 14.6. The predicted molar refractivity (Wildman–Crippen MR) is 80.9 cm³/mol. The van der Waals surface area contributed by atoms with E-state index in [1.54, 1.807) is 7.05 Å². The molecule has 4 heteroatoms. The Bertz CT molecular complexity index is 334. The fourth-order valence-electron chi connectivity index (χ4n) is 4.11. The summed E-state index contributed by atoms with van der Waals surface area (Å²) in [5, 5.41) is 12.5. The molecule has 2 rings (SSSR count). The van der Waals surface area contributed by atoms with E-state index >= 15 is 0 Å². The highest BCUT2D eigenvalue weighted by Gasteiger charge is 2.46. The maximum absolute atomic E-state index is 11.5. The molecule has 0 amide bonds. The Labute approximate surface area is 122 Å². The quantitative estimate of drug-likeness (QED) is 0.813. The van der Waals surface area contributed by atoms with Gasteiger partial charge in [0.05, 0.1) is 0 Å². The maximum atomic E-state index is 11.5. The van der Waals surface area contributed by atoms with Crippen molar-refractivity contribution in [2.24, 2.45) is 5.92 Å². The number of hydrogen-bond donors (Lipinski definition) is 2. The Morgan fingerprint density at radius 1 is 1.35 bits per heavy atom. The molecule has 1 heterocycles. The van der Waals surface area contributed by atoms with Crippen molar-refractivity contribution in [3.63, 3.8) is 0 Å². The molecule has 2 aliphatic rings. The third-order valence-corrected chi connectivity index (χ3v) is 5.47. The molecule has 2 fully saturated rings. The molecule has 1 aliphatic heterocycles. The Morgan fingerprint density at radius 2 is 2.15 bits per heavy atom. The van der Waals surface area contributed by atoms with Crippen molar-refractivity contribution in [3.8, 4) is 0 Å². The van der Waals surface area contributed by atoms with Crippen LogP contribution in [-0.4, -0.2) is 47.7 Å². The van der Waals surface area contributed by atoms with Gasteiger partial charge in [-0.15, -0.1) is 0 Å². The zero-order valence-electron chi connectivity index (χ0n) is 13.0. The summed E-state index contributed by atoms with van der Waals surface area (Å²) in [6.07, 6.45) is 9.11. The van der Waals surface area contributed by atoms with Crippen molar-refractivity contribution in [3.05, 3.63) is 0 Å². The largest absolute Gasteiger partial charge is 0.480 e. The minimum absolute atomic E-state index is 0.457. The molecule has 1 saturated heterocycles. The Kier molecular flexibility index (Phi) is 5.44. The fourth-order valence-corrected chi connectivity index (χ4v) is 4.11. The van der Waals surface area contributed by atoms with Gasteiger partial charge < -0.3 is 15.3 Å². The first kappa shape index (κ1) is 15.8. The van der Waals surface area contributed by atoms with E-state index < -0.39 is 11.5 Å². The SMILES string of the molecule is CCCC1CCCN(C2CCC(NC)(C(=O)O)C2)CC1. The van der Waals surface area contributed by atoms with Crippen molar-refractivity contribution in [1.82, 2.24) is 10.2 Å². The number of carbonyl (C=O) groups is 1. The van der Waals surface area contributed by atoms with Gasteiger partial charge >= 0.3 is 5.97 Å². The molecule has 0 bridgehead atoms. The summed E-state index contributed by atoms with van der Waals surface area (Å²) in [6.45, 7) is 4.59. The third kappa shape index (κ3) is 3.34. The van der Waals surface area contributed by atoms with Gasteiger partial charge in [0.15, 0.2) is 0 Å². The average molecular weight is 282 g/mol. The molecule has 20 heavy (non-hydrogen) atoms. The number of likely N-dealkylation sites (N-methyl/N-ethyl adjacent to an activating group) is 1. The normalized spacial score (nSPS) is 35.9. The molecular weight excluding hydrogens is 252 g/mol. The van der Waals surface area contributed by atoms with Gasteiger partial charge in [-0.2, -0.15) is 0 Å². The van der Waals surface area contributed by atoms with Gasteiger partial charge in [-0.3, -0.25) is 4.79 Å². The van der Waals surface area contributed by atoms with E-state index in [4.69, 9.17) is 0 Å². The Morgan fingerprint density at radius 3 is 2.75 bits per heavy atom. The highest BCUT2D eigenvalue weighted by molar-refractivity contribution is 5.79. The summed E-state index contributed by atoms with van der Waals surface area (Å²) in [6, 6.07) is 0.457. The lowest BCUT2D eigenvalue weighted by Gasteiger charge is -2.29. The van der Waals surface area contributed by atoms with Crippen molar-refractivity contribution in [2.45, 2.75) is 69.9 Å². The van der Waals surface area contributed by atoms with Gasteiger partial charge in [0, 0.05) is 6.04 Å². The molecule has 3 atom stereocenters. The van der Waals surface area contributed by atoms with Crippen molar-refractivity contribution in [1.29, 1.82) is 0 Å². The summed E-state index contributed by atoms with van der Waals surface area (Å²) in [5.41, 5.74) is -0.681. The van der Waals surface area contributed by atoms with E-state index in [1.807, 2.05) is 0 Å². The van der Waals surface area contributed by atoms with Crippen LogP contribution in [0.15, 0.2) is 0 Å². The second kappa shape index (κ2) is 6.90. The van der Waals surface area contributed by atoms with E-state index in [0.717, 1.165) is 38.3 Å². The van der Waals surface area contributed by atoms with E-state index in [9.17, 15) is 9.90 Å². The highest BCUT2D eigenvalue weighted by atomic mass is 16.4. The van der Waals surface area contributed by atoms with Crippen LogP contribution in [0.3, 0.4) is 0 Å². The molecule has 0 aromatic heterocycles.